The topological polar surface area (TPSA) is 79.6 Å². The Kier molecular flexibility index (Phi) is 3.69. The maximum Gasteiger partial charge on any atom is 0.137 e. The van der Waals surface area contributed by atoms with Gasteiger partial charge in [-0.15, -0.1) is 0 Å². The normalized spacial score (nSPS) is 25.9. The van der Waals surface area contributed by atoms with Gasteiger partial charge in [0, 0.05) is 18.5 Å². The predicted molar refractivity (Wildman–Crippen MR) is 58.3 cm³/mol. The maximum atomic E-state index is 5.84. The molecule has 84 valence electrons. The molecule has 15 heavy (non-hydrogen) atoms. The van der Waals surface area contributed by atoms with Crippen molar-refractivity contribution in [3.8, 4) is 0 Å². The van der Waals surface area contributed by atoms with Crippen LogP contribution in [0.15, 0.2) is 6.33 Å². The molecule has 0 amide bonds. The molecule has 2 atom stereocenters. The first kappa shape index (κ1) is 10.6. The van der Waals surface area contributed by atoms with E-state index >= 15 is 0 Å². The summed E-state index contributed by atoms with van der Waals surface area (Å²) in [5.41, 5.74) is 5.84. The van der Waals surface area contributed by atoms with Crippen molar-refractivity contribution in [2.75, 3.05) is 6.54 Å². The van der Waals surface area contributed by atoms with E-state index in [0.29, 0.717) is 12.1 Å². The van der Waals surface area contributed by atoms with Crippen LogP contribution in [-0.4, -0.2) is 33.8 Å². The number of rotatable bonds is 5. The quantitative estimate of drug-likeness (QED) is 0.605. The van der Waals surface area contributed by atoms with Gasteiger partial charge in [-0.05, 0) is 32.2 Å². The van der Waals surface area contributed by atoms with Crippen LogP contribution in [-0.2, 0) is 6.42 Å². The Morgan fingerprint density at radius 1 is 1.53 bits per heavy atom. The van der Waals surface area contributed by atoms with Gasteiger partial charge >= 0.3 is 0 Å². The lowest BCUT2D eigenvalue weighted by atomic mass is 10.2. The van der Waals surface area contributed by atoms with E-state index in [-0.39, 0.29) is 0 Å². The molecule has 0 radical (unpaired) electrons. The Morgan fingerprint density at radius 3 is 3.13 bits per heavy atom. The predicted octanol–water partition coefficient (Wildman–Crippen LogP) is 0.207. The molecule has 1 heterocycles. The van der Waals surface area contributed by atoms with Crippen molar-refractivity contribution in [1.82, 2.24) is 20.5 Å². The summed E-state index contributed by atoms with van der Waals surface area (Å²) in [5, 5.41) is 10.2. The monoisotopic (exact) mass is 209 g/mol. The van der Waals surface area contributed by atoms with Crippen molar-refractivity contribution in [2.24, 2.45) is 5.73 Å². The number of hydrogen-bond acceptors (Lipinski definition) is 4. The van der Waals surface area contributed by atoms with Crippen LogP contribution >= 0.6 is 0 Å². The fourth-order valence-corrected chi connectivity index (χ4v) is 2.12. The Bertz CT molecular complexity index is 271. The molecule has 0 bridgehead atoms. The minimum atomic E-state index is 0.414. The average Bonchev–Trinajstić information content (AvgIpc) is 2.84. The van der Waals surface area contributed by atoms with Gasteiger partial charge in [-0.1, -0.05) is 0 Å². The molecule has 2 rings (SSSR count). The highest BCUT2D eigenvalue weighted by molar-refractivity contribution is 4.84. The third-order valence-electron chi connectivity index (χ3n) is 2.96. The Hall–Kier alpha value is -0.940. The lowest BCUT2D eigenvalue weighted by Crippen LogP contribution is -2.29. The first-order valence-electron chi connectivity index (χ1n) is 5.68. The molecule has 1 aromatic heterocycles. The van der Waals surface area contributed by atoms with Gasteiger partial charge in [0.2, 0.25) is 0 Å². The highest BCUT2D eigenvalue weighted by Crippen LogP contribution is 2.16. The molecule has 0 saturated heterocycles. The van der Waals surface area contributed by atoms with Crippen molar-refractivity contribution in [2.45, 2.75) is 44.2 Å². The molecule has 1 aliphatic rings. The van der Waals surface area contributed by atoms with Gasteiger partial charge in [-0.2, -0.15) is 5.10 Å². The van der Waals surface area contributed by atoms with Crippen LogP contribution in [0.2, 0.25) is 0 Å². The summed E-state index contributed by atoms with van der Waals surface area (Å²) in [5.74, 6) is 0.972. The second-order valence-electron chi connectivity index (χ2n) is 4.26. The zero-order chi connectivity index (χ0) is 10.5. The fourth-order valence-electron chi connectivity index (χ4n) is 2.12. The van der Waals surface area contributed by atoms with Gasteiger partial charge in [0.05, 0.1) is 0 Å². The van der Waals surface area contributed by atoms with E-state index in [1.165, 1.54) is 12.8 Å². The molecule has 0 aliphatic heterocycles. The minimum absolute atomic E-state index is 0.414. The van der Waals surface area contributed by atoms with E-state index in [0.717, 1.165) is 31.6 Å². The molecule has 1 aromatic rings. The van der Waals surface area contributed by atoms with E-state index in [2.05, 4.69) is 20.5 Å². The smallest absolute Gasteiger partial charge is 0.137 e. The van der Waals surface area contributed by atoms with E-state index in [1.807, 2.05) is 0 Å². The van der Waals surface area contributed by atoms with Crippen LogP contribution < -0.4 is 11.1 Å². The summed E-state index contributed by atoms with van der Waals surface area (Å²) in [6.07, 6.45) is 7.14. The molecule has 2 unspecified atom stereocenters. The zero-order valence-electron chi connectivity index (χ0n) is 8.95. The highest BCUT2D eigenvalue weighted by atomic mass is 15.2. The number of nitrogens with one attached hydrogen (secondary N) is 2. The van der Waals surface area contributed by atoms with Crippen molar-refractivity contribution in [1.29, 1.82) is 0 Å². The number of hydrogen-bond donors (Lipinski definition) is 3. The maximum absolute atomic E-state index is 5.84. The lowest BCUT2D eigenvalue weighted by Gasteiger charge is -2.11. The number of nitrogens with zero attached hydrogens (tertiary/aromatic N) is 2. The molecule has 5 nitrogen and oxygen atoms in total. The third-order valence-corrected chi connectivity index (χ3v) is 2.96. The second-order valence-corrected chi connectivity index (χ2v) is 4.26. The molecule has 4 N–H and O–H groups in total. The lowest BCUT2D eigenvalue weighted by molar-refractivity contribution is 0.506. The average molecular weight is 209 g/mol. The Morgan fingerprint density at radius 2 is 2.47 bits per heavy atom. The van der Waals surface area contributed by atoms with E-state index in [9.17, 15) is 0 Å². The second kappa shape index (κ2) is 5.23. The number of H-pyrrole nitrogens is 1. The molecular weight excluding hydrogens is 190 g/mol. The van der Waals surface area contributed by atoms with Crippen molar-refractivity contribution < 1.29 is 0 Å². The zero-order valence-corrected chi connectivity index (χ0v) is 8.95. The van der Waals surface area contributed by atoms with E-state index < -0.39 is 0 Å². The van der Waals surface area contributed by atoms with Crippen LogP contribution in [0, 0.1) is 0 Å². The molecule has 1 saturated carbocycles. The van der Waals surface area contributed by atoms with Crippen LogP contribution in [0.25, 0.3) is 0 Å². The van der Waals surface area contributed by atoms with Crippen LogP contribution in [0.3, 0.4) is 0 Å². The number of aryl methyl sites for hydroxylation is 1. The van der Waals surface area contributed by atoms with Gasteiger partial charge < -0.3 is 11.1 Å². The van der Waals surface area contributed by atoms with E-state index in [4.69, 9.17) is 5.73 Å². The molecule has 1 aliphatic carbocycles. The molecular formula is C10H19N5. The first-order valence-corrected chi connectivity index (χ1v) is 5.68. The van der Waals surface area contributed by atoms with Gasteiger partial charge in [0.1, 0.15) is 12.2 Å². The number of aromatic amines is 1. The third kappa shape index (κ3) is 3.28. The summed E-state index contributed by atoms with van der Waals surface area (Å²) < 4.78 is 0. The Balaban J connectivity index is 1.55. The van der Waals surface area contributed by atoms with Gasteiger partial charge in [-0.3, -0.25) is 5.10 Å². The Labute approximate surface area is 89.9 Å². The molecule has 0 aromatic carbocycles. The van der Waals surface area contributed by atoms with Crippen LogP contribution in [0.5, 0.6) is 0 Å². The summed E-state index contributed by atoms with van der Waals surface area (Å²) in [6.45, 7) is 1.04. The number of nitrogens with two attached hydrogens (primary N) is 1. The standard InChI is InChI=1S/C10H19N5/c11-8-3-4-9(6-8)12-5-1-2-10-13-7-14-15-10/h7-9,12H,1-6,11H2,(H,13,14,15). The van der Waals surface area contributed by atoms with Crippen molar-refractivity contribution in [3.05, 3.63) is 12.2 Å². The van der Waals surface area contributed by atoms with Gasteiger partial charge in [-0.25, -0.2) is 4.98 Å². The summed E-state index contributed by atoms with van der Waals surface area (Å²) in [7, 11) is 0. The molecule has 0 spiro atoms. The number of aromatic nitrogens is 3. The molecule has 5 heteroatoms. The van der Waals surface area contributed by atoms with Crippen LogP contribution in [0.4, 0.5) is 0 Å². The largest absolute Gasteiger partial charge is 0.328 e. The summed E-state index contributed by atoms with van der Waals surface area (Å²) in [4.78, 5) is 4.08. The van der Waals surface area contributed by atoms with E-state index in [1.54, 1.807) is 6.33 Å². The SMILES string of the molecule is NC1CCC(NCCCc2ncn[nH]2)C1. The fraction of sp³-hybridized carbons (Fsp3) is 0.800. The first-order chi connectivity index (χ1) is 7.34. The van der Waals surface area contributed by atoms with Crippen molar-refractivity contribution >= 4 is 0 Å². The molecule has 1 fully saturated rings. The summed E-state index contributed by atoms with van der Waals surface area (Å²) in [6, 6.07) is 1.05. The van der Waals surface area contributed by atoms with Crippen LogP contribution in [0.1, 0.15) is 31.5 Å². The van der Waals surface area contributed by atoms with Crippen molar-refractivity contribution in [3.63, 3.8) is 0 Å². The van der Waals surface area contributed by atoms with Gasteiger partial charge in [0.15, 0.2) is 0 Å². The highest BCUT2D eigenvalue weighted by Gasteiger charge is 2.20. The summed E-state index contributed by atoms with van der Waals surface area (Å²) >= 11 is 0. The minimum Gasteiger partial charge on any atom is -0.328 e. The van der Waals surface area contributed by atoms with Gasteiger partial charge in [0.25, 0.3) is 0 Å².